The summed E-state index contributed by atoms with van der Waals surface area (Å²) in [6.07, 6.45) is 3.75. The monoisotopic (exact) mass is 269 g/mol. The molecule has 0 fully saturated rings. The maximum Gasteiger partial charge on any atom is 0.137 e. The van der Waals surface area contributed by atoms with Gasteiger partial charge in [-0.1, -0.05) is 12.1 Å². The lowest BCUT2D eigenvalue weighted by molar-refractivity contribution is 0.572. The molecule has 0 aliphatic rings. The SMILES string of the molecule is CC(NCc1c[nH]c2ncccc12)c1ccc(F)cc1. The highest BCUT2D eigenvalue weighted by atomic mass is 19.1. The number of rotatable bonds is 4. The van der Waals surface area contributed by atoms with Crippen LogP contribution in [-0.2, 0) is 6.54 Å². The molecule has 3 rings (SSSR count). The van der Waals surface area contributed by atoms with Crippen molar-refractivity contribution in [2.45, 2.75) is 19.5 Å². The Morgan fingerprint density at radius 2 is 2.05 bits per heavy atom. The lowest BCUT2D eigenvalue weighted by Gasteiger charge is -2.13. The summed E-state index contributed by atoms with van der Waals surface area (Å²) in [7, 11) is 0. The van der Waals surface area contributed by atoms with Gasteiger partial charge in [0.1, 0.15) is 11.5 Å². The third-order valence-electron chi connectivity index (χ3n) is 3.51. The van der Waals surface area contributed by atoms with Crippen molar-refractivity contribution in [2.24, 2.45) is 0 Å². The van der Waals surface area contributed by atoms with E-state index < -0.39 is 0 Å². The summed E-state index contributed by atoms with van der Waals surface area (Å²) >= 11 is 0. The van der Waals surface area contributed by atoms with Crippen LogP contribution in [0.3, 0.4) is 0 Å². The second-order valence-corrected chi connectivity index (χ2v) is 4.87. The zero-order valence-electron chi connectivity index (χ0n) is 11.2. The summed E-state index contributed by atoms with van der Waals surface area (Å²) in [4.78, 5) is 7.43. The Hall–Kier alpha value is -2.20. The Morgan fingerprint density at radius 3 is 2.85 bits per heavy atom. The van der Waals surface area contributed by atoms with Crippen molar-refractivity contribution in [3.8, 4) is 0 Å². The van der Waals surface area contributed by atoms with E-state index in [4.69, 9.17) is 0 Å². The van der Waals surface area contributed by atoms with Crippen molar-refractivity contribution in [1.29, 1.82) is 0 Å². The fourth-order valence-corrected chi connectivity index (χ4v) is 2.29. The van der Waals surface area contributed by atoms with Gasteiger partial charge < -0.3 is 10.3 Å². The van der Waals surface area contributed by atoms with Crippen LogP contribution in [0, 0.1) is 5.82 Å². The lowest BCUT2D eigenvalue weighted by atomic mass is 10.1. The predicted octanol–water partition coefficient (Wildman–Crippen LogP) is 3.55. The van der Waals surface area contributed by atoms with E-state index in [0.717, 1.165) is 23.1 Å². The zero-order valence-corrected chi connectivity index (χ0v) is 11.2. The quantitative estimate of drug-likeness (QED) is 0.760. The van der Waals surface area contributed by atoms with Crippen molar-refractivity contribution in [1.82, 2.24) is 15.3 Å². The maximum absolute atomic E-state index is 12.9. The number of halogens is 1. The normalized spacial score (nSPS) is 12.7. The van der Waals surface area contributed by atoms with Crippen molar-refractivity contribution in [3.63, 3.8) is 0 Å². The van der Waals surface area contributed by atoms with Gasteiger partial charge in [-0.05, 0) is 42.3 Å². The van der Waals surface area contributed by atoms with Crippen LogP contribution in [0.4, 0.5) is 4.39 Å². The first-order valence-electron chi connectivity index (χ1n) is 6.64. The molecular formula is C16H16FN3. The molecule has 102 valence electrons. The number of aromatic amines is 1. The summed E-state index contributed by atoms with van der Waals surface area (Å²) in [5.74, 6) is -0.205. The fourth-order valence-electron chi connectivity index (χ4n) is 2.29. The smallest absolute Gasteiger partial charge is 0.137 e. The molecule has 0 saturated carbocycles. The van der Waals surface area contributed by atoms with Gasteiger partial charge in [0.2, 0.25) is 0 Å². The molecule has 0 aliphatic heterocycles. The molecule has 4 heteroatoms. The average molecular weight is 269 g/mol. The van der Waals surface area contributed by atoms with Crippen LogP contribution in [-0.4, -0.2) is 9.97 Å². The molecule has 2 heterocycles. The molecule has 0 aliphatic carbocycles. The predicted molar refractivity (Wildman–Crippen MR) is 77.7 cm³/mol. The van der Waals surface area contributed by atoms with Crippen molar-refractivity contribution < 1.29 is 4.39 Å². The molecule has 1 aromatic carbocycles. The average Bonchev–Trinajstić information content (AvgIpc) is 2.89. The van der Waals surface area contributed by atoms with Gasteiger partial charge in [-0.3, -0.25) is 0 Å². The van der Waals surface area contributed by atoms with Crippen molar-refractivity contribution in [3.05, 3.63) is 65.7 Å². The molecule has 0 saturated heterocycles. The fraction of sp³-hybridized carbons (Fsp3) is 0.188. The molecule has 2 aromatic heterocycles. The van der Waals surface area contributed by atoms with Crippen LogP contribution in [0.1, 0.15) is 24.1 Å². The van der Waals surface area contributed by atoms with E-state index in [1.165, 1.54) is 17.7 Å². The second kappa shape index (κ2) is 5.43. The van der Waals surface area contributed by atoms with E-state index in [9.17, 15) is 4.39 Å². The molecule has 20 heavy (non-hydrogen) atoms. The van der Waals surface area contributed by atoms with Gasteiger partial charge in [0, 0.05) is 30.4 Å². The van der Waals surface area contributed by atoms with E-state index >= 15 is 0 Å². The standard InChI is InChI=1S/C16H16FN3/c1-11(12-4-6-14(17)7-5-12)19-9-13-10-20-16-15(13)3-2-8-18-16/h2-8,10-11,19H,9H2,1H3,(H,18,20). The summed E-state index contributed by atoms with van der Waals surface area (Å²) in [6.45, 7) is 2.81. The lowest BCUT2D eigenvalue weighted by Crippen LogP contribution is -2.17. The summed E-state index contributed by atoms with van der Waals surface area (Å²) in [5, 5.41) is 4.57. The second-order valence-electron chi connectivity index (χ2n) is 4.87. The highest BCUT2D eigenvalue weighted by Gasteiger charge is 2.08. The Kier molecular flexibility index (Phi) is 3.48. The van der Waals surface area contributed by atoms with Gasteiger partial charge >= 0.3 is 0 Å². The molecule has 1 atom stereocenters. The molecule has 0 amide bonds. The summed E-state index contributed by atoms with van der Waals surface area (Å²) in [6, 6.07) is 10.7. The highest BCUT2D eigenvalue weighted by Crippen LogP contribution is 2.18. The van der Waals surface area contributed by atoms with Crippen molar-refractivity contribution in [2.75, 3.05) is 0 Å². The number of nitrogens with one attached hydrogen (secondary N) is 2. The molecular weight excluding hydrogens is 253 g/mol. The molecule has 3 nitrogen and oxygen atoms in total. The third-order valence-corrected chi connectivity index (χ3v) is 3.51. The Bertz CT molecular complexity index is 703. The molecule has 1 unspecified atom stereocenters. The van der Waals surface area contributed by atoms with E-state index in [2.05, 4.69) is 28.3 Å². The van der Waals surface area contributed by atoms with Gasteiger partial charge in [-0.25, -0.2) is 9.37 Å². The minimum atomic E-state index is -0.205. The number of aromatic nitrogens is 2. The van der Waals surface area contributed by atoms with Crippen LogP contribution in [0.25, 0.3) is 11.0 Å². The first-order chi connectivity index (χ1) is 9.74. The van der Waals surface area contributed by atoms with Gasteiger partial charge in [-0.15, -0.1) is 0 Å². The van der Waals surface area contributed by atoms with E-state index in [-0.39, 0.29) is 11.9 Å². The number of benzene rings is 1. The van der Waals surface area contributed by atoms with E-state index in [1.807, 2.05) is 24.4 Å². The number of pyridine rings is 1. The molecule has 3 aromatic rings. The van der Waals surface area contributed by atoms with Gasteiger partial charge in [0.25, 0.3) is 0 Å². The van der Waals surface area contributed by atoms with Gasteiger partial charge in [0.15, 0.2) is 0 Å². The first-order valence-corrected chi connectivity index (χ1v) is 6.64. The minimum absolute atomic E-state index is 0.164. The van der Waals surface area contributed by atoms with Crippen LogP contribution in [0.15, 0.2) is 48.8 Å². The van der Waals surface area contributed by atoms with E-state index in [0.29, 0.717) is 0 Å². The maximum atomic E-state index is 12.9. The molecule has 2 N–H and O–H groups in total. The van der Waals surface area contributed by atoms with Crippen LogP contribution < -0.4 is 5.32 Å². The van der Waals surface area contributed by atoms with Gasteiger partial charge in [0.05, 0.1) is 0 Å². The molecule has 0 radical (unpaired) electrons. The minimum Gasteiger partial charge on any atom is -0.346 e. The number of hydrogen-bond donors (Lipinski definition) is 2. The Labute approximate surface area is 116 Å². The third kappa shape index (κ3) is 2.56. The highest BCUT2D eigenvalue weighted by molar-refractivity contribution is 5.79. The Balaban J connectivity index is 1.71. The first kappa shape index (κ1) is 12.8. The number of nitrogens with zero attached hydrogens (tertiary/aromatic N) is 1. The van der Waals surface area contributed by atoms with Crippen LogP contribution in [0.5, 0.6) is 0 Å². The zero-order chi connectivity index (χ0) is 13.9. The largest absolute Gasteiger partial charge is 0.346 e. The van der Waals surface area contributed by atoms with E-state index in [1.54, 1.807) is 6.20 Å². The topological polar surface area (TPSA) is 40.7 Å². The van der Waals surface area contributed by atoms with Crippen molar-refractivity contribution >= 4 is 11.0 Å². The summed E-state index contributed by atoms with van der Waals surface area (Å²) in [5.41, 5.74) is 3.16. The Morgan fingerprint density at radius 1 is 1.25 bits per heavy atom. The molecule has 0 bridgehead atoms. The number of H-pyrrole nitrogens is 1. The summed E-state index contributed by atoms with van der Waals surface area (Å²) < 4.78 is 12.9. The van der Waals surface area contributed by atoms with Crippen LogP contribution >= 0.6 is 0 Å². The number of hydrogen-bond acceptors (Lipinski definition) is 2. The van der Waals surface area contributed by atoms with Gasteiger partial charge in [-0.2, -0.15) is 0 Å². The van der Waals surface area contributed by atoms with Crippen LogP contribution in [0.2, 0.25) is 0 Å². The molecule has 0 spiro atoms. The number of fused-ring (bicyclic) bond motifs is 1.